The SMILES string of the molecule is CC(C(N)=O)(C(=O)c1c[nH]c(=O)cn1)N1CCNCC1. The number of aromatic amines is 1. The summed E-state index contributed by atoms with van der Waals surface area (Å²) >= 11 is 0. The molecule has 1 atom stereocenters. The van der Waals surface area contributed by atoms with Crippen molar-refractivity contribution < 1.29 is 9.59 Å². The summed E-state index contributed by atoms with van der Waals surface area (Å²) in [5.41, 5.74) is 3.59. The van der Waals surface area contributed by atoms with Crippen molar-refractivity contribution in [3.63, 3.8) is 0 Å². The minimum Gasteiger partial charge on any atom is -0.368 e. The molecule has 1 fully saturated rings. The van der Waals surface area contributed by atoms with E-state index in [0.29, 0.717) is 26.2 Å². The van der Waals surface area contributed by atoms with Gasteiger partial charge in [-0.25, -0.2) is 4.98 Å². The monoisotopic (exact) mass is 279 g/mol. The number of carbonyl (C=O) groups excluding carboxylic acids is 2. The van der Waals surface area contributed by atoms with Gasteiger partial charge in [-0.3, -0.25) is 19.3 Å². The number of hydrogen-bond acceptors (Lipinski definition) is 6. The molecule has 8 nitrogen and oxygen atoms in total. The van der Waals surface area contributed by atoms with Crippen molar-refractivity contribution in [1.29, 1.82) is 0 Å². The van der Waals surface area contributed by atoms with Crippen LogP contribution < -0.4 is 16.6 Å². The third kappa shape index (κ3) is 2.47. The second-order valence-electron chi connectivity index (χ2n) is 4.80. The van der Waals surface area contributed by atoms with E-state index >= 15 is 0 Å². The molecule has 2 rings (SSSR count). The molecule has 1 aliphatic rings. The quantitative estimate of drug-likeness (QED) is 0.437. The number of ketones is 1. The lowest BCUT2D eigenvalue weighted by Crippen LogP contribution is -2.64. The third-order valence-corrected chi connectivity index (χ3v) is 3.58. The average Bonchev–Trinajstić information content (AvgIpc) is 2.47. The fraction of sp³-hybridized carbons (Fsp3) is 0.500. The minimum absolute atomic E-state index is 0.0180. The molecule has 1 unspecified atom stereocenters. The zero-order valence-corrected chi connectivity index (χ0v) is 11.2. The molecule has 1 aromatic heterocycles. The van der Waals surface area contributed by atoms with E-state index in [9.17, 15) is 14.4 Å². The van der Waals surface area contributed by atoms with E-state index in [1.807, 2.05) is 0 Å². The zero-order valence-electron chi connectivity index (χ0n) is 11.2. The molecule has 0 aromatic carbocycles. The van der Waals surface area contributed by atoms with Crippen LogP contribution in [0.1, 0.15) is 17.4 Å². The predicted molar refractivity (Wildman–Crippen MR) is 71.2 cm³/mol. The molecule has 2 heterocycles. The van der Waals surface area contributed by atoms with Gasteiger partial charge in [-0.2, -0.15) is 0 Å². The smallest absolute Gasteiger partial charge is 0.266 e. The van der Waals surface area contributed by atoms with Gasteiger partial charge >= 0.3 is 0 Å². The first-order valence-electron chi connectivity index (χ1n) is 6.31. The van der Waals surface area contributed by atoms with Crippen molar-refractivity contribution >= 4 is 11.7 Å². The Morgan fingerprint density at radius 1 is 1.40 bits per heavy atom. The Hall–Kier alpha value is -2.06. The maximum absolute atomic E-state index is 12.6. The number of nitrogens with zero attached hydrogens (tertiary/aromatic N) is 2. The number of piperazine rings is 1. The second-order valence-corrected chi connectivity index (χ2v) is 4.80. The number of amides is 1. The molecule has 1 aromatic rings. The fourth-order valence-corrected chi connectivity index (χ4v) is 2.24. The van der Waals surface area contributed by atoms with Crippen molar-refractivity contribution in [3.8, 4) is 0 Å². The van der Waals surface area contributed by atoms with Crippen molar-refractivity contribution in [1.82, 2.24) is 20.2 Å². The molecule has 0 spiro atoms. The van der Waals surface area contributed by atoms with Crippen LogP contribution in [0, 0.1) is 0 Å². The molecule has 8 heteroatoms. The Bertz CT molecular complexity index is 558. The lowest BCUT2D eigenvalue weighted by Gasteiger charge is -2.39. The van der Waals surface area contributed by atoms with Gasteiger partial charge in [-0.05, 0) is 6.92 Å². The second kappa shape index (κ2) is 5.51. The average molecular weight is 279 g/mol. The van der Waals surface area contributed by atoms with E-state index in [-0.39, 0.29) is 5.69 Å². The minimum atomic E-state index is -1.46. The van der Waals surface area contributed by atoms with Crippen molar-refractivity contribution in [3.05, 3.63) is 28.4 Å². The molecule has 4 N–H and O–H groups in total. The van der Waals surface area contributed by atoms with Crippen molar-refractivity contribution in [2.24, 2.45) is 5.73 Å². The van der Waals surface area contributed by atoms with Crippen molar-refractivity contribution in [2.45, 2.75) is 12.5 Å². The third-order valence-electron chi connectivity index (χ3n) is 3.58. The van der Waals surface area contributed by atoms with Crippen LogP contribution in [-0.4, -0.2) is 58.3 Å². The number of H-pyrrole nitrogens is 1. The molecule has 108 valence electrons. The molecule has 1 aliphatic heterocycles. The highest BCUT2D eigenvalue weighted by Gasteiger charge is 2.46. The van der Waals surface area contributed by atoms with Crippen LogP contribution in [0.2, 0.25) is 0 Å². The molecule has 0 saturated carbocycles. The highest BCUT2D eigenvalue weighted by molar-refractivity contribution is 6.16. The van der Waals surface area contributed by atoms with Crippen LogP contribution >= 0.6 is 0 Å². The first-order chi connectivity index (χ1) is 9.46. The fourth-order valence-electron chi connectivity index (χ4n) is 2.24. The van der Waals surface area contributed by atoms with Crippen LogP contribution in [0.3, 0.4) is 0 Å². The number of aromatic nitrogens is 2. The first-order valence-corrected chi connectivity index (χ1v) is 6.31. The maximum Gasteiger partial charge on any atom is 0.266 e. The maximum atomic E-state index is 12.6. The number of hydrogen-bond donors (Lipinski definition) is 3. The number of nitrogens with two attached hydrogens (primary N) is 1. The summed E-state index contributed by atoms with van der Waals surface area (Å²) in [4.78, 5) is 43.3. The largest absolute Gasteiger partial charge is 0.368 e. The van der Waals surface area contributed by atoms with E-state index in [0.717, 1.165) is 6.20 Å². The van der Waals surface area contributed by atoms with Crippen LogP contribution in [0.4, 0.5) is 0 Å². The predicted octanol–water partition coefficient (Wildman–Crippen LogP) is -1.90. The van der Waals surface area contributed by atoms with Crippen LogP contribution in [0.25, 0.3) is 0 Å². The Morgan fingerprint density at radius 2 is 2.05 bits per heavy atom. The van der Waals surface area contributed by atoms with E-state index < -0.39 is 22.8 Å². The van der Waals surface area contributed by atoms with Gasteiger partial charge in [0.25, 0.3) is 5.56 Å². The van der Waals surface area contributed by atoms with Gasteiger partial charge in [0.15, 0.2) is 5.54 Å². The Labute approximate surface area is 115 Å². The van der Waals surface area contributed by atoms with Gasteiger partial charge in [0, 0.05) is 32.4 Å². The summed E-state index contributed by atoms with van der Waals surface area (Å²) in [5, 5.41) is 3.14. The molecule has 1 amide bonds. The Morgan fingerprint density at radius 3 is 2.55 bits per heavy atom. The van der Waals surface area contributed by atoms with E-state index in [1.165, 1.54) is 13.1 Å². The molecule has 0 radical (unpaired) electrons. The highest BCUT2D eigenvalue weighted by atomic mass is 16.2. The van der Waals surface area contributed by atoms with Crippen molar-refractivity contribution in [2.75, 3.05) is 26.2 Å². The van der Waals surface area contributed by atoms with E-state index in [2.05, 4.69) is 15.3 Å². The van der Waals surface area contributed by atoms with Gasteiger partial charge in [0.2, 0.25) is 11.7 Å². The number of rotatable bonds is 4. The normalized spacial score (nSPS) is 19.2. The summed E-state index contributed by atoms with van der Waals surface area (Å²) in [5.74, 6) is -1.24. The molecular formula is C12H17N5O3. The van der Waals surface area contributed by atoms with Crippen LogP contribution in [0.5, 0.6) is 0 Å². The summed E-state index contributed by atoms with van der Waals surface area (Å²) in [6, 6.07) is 0. The summed E-state index contributed by atoms with van der Waals surface area (Å²) in [6.07, 6.45) is 2.21. The van der Waals surface area contributed by atoms with E-state index in [4.69, 9.17) is 5.73 Å². The van der Waals surface area contributed by atoms with E-state index in [1.54, 1.807) is 4.90 Å². The first kappa shape index (κ1) is 14.4. The van der Waals surface area contributed by atoms with Gasteiger partial charge in [-0.15, -0.1) is 0 Å². The number of nitrogens with one attached hydrogen (secondary N) is 2. The van der Waals surface area contributed by atoms with Gasteiger partial charge < -0.3 is 16.0 Å². The molecule has 1 saturated heterocycles. The standard InChI is InChI=1S/C12H17N5O3/c1-12(11(13)20,17-4-2-14-3-5-17)10(19)8-6-16-9(18)7-15-8/h6-7,14H,2-5H2,1H3,(H2,13,20)(H,16,18). The summed E-state index contributed by atoms with van der Waals surface area (Å²) in [6.45, 7) is 3.92. The number of primary amides is 1. The zero-order chi connectivity index (χ0) is 14.8. The molecule has 0 bridgehead atoms. The Balaban J connectivity index is 2.36. The summed E-state index contributed by atoms with van der Waals surface area (Å²) < 4.78 is 0. The van der Waals surface area contributed by atoms with Gasteiger partial charge in [-0.1, -0.05) is 0 Å². The molecule has 0 aliphatic carbocycles. The van der Waals surface area contributed by atoms with Gasteiger partial charge in [0.1, 0.15) is 5.69 Å². The molecule has 20 heavy (non-hydrogen) atoms. The van der Waals surface area contributed by atoms with Crippen LogP contribution in [0.15, 0.2) is 17.2 Å². The van der Waals surface area contributed by atoms with Gasteiger partial charge in [0.05, 0.1) is 6.20 Å². The topological polar surface area (TPSA) is 121 Å². The summed E-state index contributed by atoms with van der Waals surface area (Å²) in [7, 11) is 0. The lowest BCUT2D eigenvalue weighted by atomic mass is 9.90. The van der Waals surface area contributed by atoms with Crippen LogP contribution in [-0.2, 0) is 4.79 Å². The number of carbonyl (C=O) groups is 2. The number of Topliss-reactive ketones (excluding diaryl/α,β-unsaturated/α-hetero) is 1. The molecular weight excluding hydrogens is 262 g/mol. The highest BCUT2D eigenvalue weighted by Crippen LogP contribution is 2.20. The Kier molecular flexibility index (Phi) is 3.96. The lowest BCUT2D eigenvalue weighted by molar-refractivity contribution is -0.126.